The lowest BCUT2D eigenvalue weighted by Crippen LogP contribution is -2.03. The molecule has 0 aliphatic rings. The fourth-order valence-electron chi connectivity index (χ4n) is 2.35. The number of hydrogen-bond acceptors (Lipinski definition) is 3. The van der Waals surface area contributed by atoms with E-state index < -0.39 is 0 Å². The second kappa shape index (κ2) is 4.66. The number of nitrogens with two attached hydrogens (primary N) is 1. The molecule has 1 heterocycles. The Bertz CT molecular complexity index is 858. The highest BCUT2D eigenvalue weighted by molar-refractivity contribution is 9.10. The van der Waals surface area contributed by atoms with Crippen LogP contribution in [-0.4, -0.2) is 9.55 Å². The Morgan fingerprint density at radius 1 is 1.30 bits per heavy atom. The topological polar surface area (TPSA) is 67.6 Å². The quantitative estimate of drug-likeness (QED) is 0.743. The summed E-state index contributed by atoms with van der Waals surface area (Å²) in [5.74, 6) is 0.383. The highest BCUT2D eigenvalue weighted by Crippen LogP contribution is 2.28. The van der Waals surface area contributed by atoms with Crippen LogP contribution in [0.3, 0.4) is 0 Å². The lowest BCUT2D eigenvalue weighted by molar-refractivity contribution is 1.09. The van der Waals surface area contributed by atoms with Crippen molar-refractivity contribution < 1.29 is 0 Å². The van der Waals surface area contributed by atoms with Crippen LogP contribution in [0.1, 0.15) is 11.1 Å². The first-order valence-electron chi connectivity index (χ1n) is 6.05. The van der Waals surface area contributed by atoms with Crippen molar-refractivity contribution in [2.45, 2.75) is 6.92 Å². The third-order valence-corrected chi connectivity index (χ3v) is 3.72. The van der Waals surface area contributed by atoms with Crippen LogP contribution in [0.5, 0.6) is 0 Å². The number of rotatable bonds is 1. The van der Waals surface area contributed by atoms with Crippen LogP contribution in [0, 0.1) is 18.3 Å². The fourth-order valence-corrected chi connectivity index (χ4v) is 2.71. The monoisotopic (exact) mass is 326 g/mol. The van der Waals surface area contributed by atoms with E-state index in [1.165, 1.54) is 0 Å². The number of para-hydroxylation sites is 1. The summed E-state index contributed by atoms with van der Waals surface area (Å²) in [7, 11) is 0. The molecule has 0 saturated heterocycles. The van der Waals surface area contributed by atoms with Gasteiger partial charge in [0.25, 0.3) is 0 Å². The van der Waals surface area contributed by atoms with Gasteiger partial charge in [-0.2, -0.15) is 5.26 Å². The van der Waals surface area contributed by atoms with Gasteiger partial charge in [-0.3, -0.25) is 4.57 Å². The van der Waals surface area contributed by atoms with Gasteiger partial charge in [0, 0.05) is 4.47 Å². The Morgan fingerprint density at radius 2 is 2.10 bits per heavy atom. The van der Waals surface area contributed by atoms with E-state index in [1.54, 1.807) is 6.07 Å². The summed E-state index contributed by atoms with van der Waals surface area (Å²) in [6, 6.07) is 13.6. The standard InChI is InChI=1S/C15H11BrN4/c1-9-3-2-4-12-14(9)20(15(18)19-12)13-6-5-11(16)7-10(13)8-17/h2-7H,1H3,(H2,18,19). The Kier molecular flexibility index (Phi) is 2.96. The van der Waals surface area contributed by atoms with Crippen LogP contribution < -0.4 is 5.73 Å². The minimum Gasteiger partial charge on any atom is -0.369 e. The van der Waals surface area contributed by atoms with Gasteiger partial charge in [-0.15, -0.1) is 0 Å². The van der Waals surface area contributed by atoms with E-state index in [2.05, 4.69) is 27.0 Å². The maximum absolute atomic E-state index is 9.33. The normalized spacial score (nSPS) is 10.7. The molecular formula is C15H11BrN4. The van der Waals surface area contributed by atoms with Gasteiger partial charge < -0.3 is 5.73 Å². The summed E-state index contributed by atoms with van der Waals surface area (Å²) in [4.78, 5) is 4.37. The van der Waals surface area contributed by atoms with Crippen molar-refractivity contribution in [3.63, 3.8) is 0 Å². The van der Waals surface area contributed by atoms with Gasteiger partial charge in [0.2, 0.25) is 5.95 Å². The predicted molar refractivity (Wildman–Crippen MR) is 82.6 cm³/mol. The highest BCUT2D eigenvalue weighted by Gasteiger charge is 2.14. The van der Waals surface area contributed by atoms with Gasteiger partial charge in [0.15, 0.2) is 0 Å². The number of nitriles is 1. The number of hydrogen-bond donors (Lipinski definition) is 1. The van der Waals surface area contributed by atoms with E-state index in [-0.39, 0.29) is 0 Å². The first-order chi connectivity index (χ1) is 9.61. The van der Waals surface area contributed by atoms with Crippen molar-refractivity contribution in [3.05, 3.63) is 52.0 Å². The van der Waals surface area contributed by atoms with Gasteiger partial charge in [0.1, 0.15) is 6.07 Å². The number of anilines is 1. The molecular weight excluding hydrogens is 316 g/mol. The Morgan fingerprint density at radius 3 is 2.85 bits per heavy atom. The Balaban J connectivity index is 2.42. The van der Waals surface area contributed by atoms with Crippen molar-refractivity contribution in [2.24, 2.45) is 0 Å². The molecule has 0 unspecified atom stereocenters. The molecule has 0 bridgehead atoms. The zero-order valence-electron chi connectivity index (χ0n) is 10.8. The molecule has 0 aliphatic carbocycles. The molecule has 0 aliphatic heterocycles. The maximum atomic E-state index is 9.33. The summed E-state index contributed by atoms with van der Waals surface area (Å²) in [6.07, 6.45) is 0. The number of nitrogen functional groups attached to an aromatic ring is 1. The molecule has 5 heteroatoms. The number of benzene rings is 2. The van der Waals surface area contributed by atoms with Crippen molar-refractivity contribution in [1.29, 1.82) is 5.26 Å². The minimum atomic E-state index is 0.383. The van der Waals surface area contributed by atoms with E-state index in [4.69, 9.17) is 5.73 Å². The summed E-state index contributed by atoms with van der Waals surface area (Å²) >= 11 is 3.38. The largest absolute Gasteiger partial charge is 0.369 e. The first kappa shape index (κ1) is 12.7. The van der Waals surface area contributed by atoms with Gasteiger partial charge in [-0.1, -0.05) is 28.1 Å². The van der Waals surface area contributed by atoms with Crippen molar-refractivity contribution in [3.8, 4) is 11.8 Å². The van der Waals surface area contributed by atoms with E-state index in [9.17, 15) is 5.26 Å². The molecule has 0 saturated carbocycles. The number of imidazole rings is 1. The van der Waals surface area contributed by atoms with Gasteiger partial charge >= 0.3 is 0 Å². The molecule has 0 radical (unpaired) electrons. The molecule has 1 aromatic heterocycles. The second-order valence-electron chi connectivity index (χ2n) is 4.52. The van der Waals surface area contributed by atoms with E-state index in [0.717, 1.165) is 26.8 Å². The average molecular weight is 327 g/mol. The first-order valence-corrected chi connectivity index (χ1v) is 6.84. The second-order valence-corrected chi connectivity index (χ2v) is 5.44. The summed E-state index contributed by atoms with van der Waals surface area (Å²) in [5, 5.41) is 9.33. The van der Waals surface area contributed by atoms with E-state index in [0.29, 0.717) is 11.5 Å². The molecule has 3 rings (SSSR count). The minimum absolute atomic E-state index is 0.383. The lowest BCUT2D eigenvalue weighted by atomic mass is 10.1. The van der Waals surface area contributed by atoms with Gasteiger partial charge in [-0.05, 0) is 36.8 Å². The molecule has 2 aromatic carbocycles. The van der Waals surface area contributed by atoms with Crippen molar-refractivity contribution in [1.82, 2.24) is 9.55 Å². The molecule has 3 aromatic rings. The van der Waals surface area contributed by atoms with Crippen molar-refractivity contribution >= 4 is 32.9 Å². The van der Waals surface area contributed by atoms with Crippen LogP contribution in [0.25, 0.3) is 16.7 Å². The van der Waals surface area contributed by atoms with Crippen LogP contribution >= 0.6 is 15.9 Å². The zero-order chi connectivity index (χ0) is 14.3. The lowest BCUT2D eigenvalue weighted by Gasteiger charge is -2.10. The third kappa shape index (κ3) is 1.86. The van der Waals surface area contributed by atoms with Crippen LogP contribution in [0.2, 0.25) is 0 Å². The Labute approximate surface area is 124 Å². The van der Waals surface area contributed by atoms with E-state index >= 15 is 0 Å². The Hall–Kier alpha value is -2.32. The number of nitrogens with zero attached hydrogens (tertiary/aromatic N) is 3. The van der Waals surface area contributed by atoms with Crippen LogP contribution in [-0.2, 0) is 0 Å². The molecule has 20 heavy (non-hydrogen) atoms. The van der Waals surface area contributed by atoms with Crippen LogP contribution in [0.15, 0.2) is 40.9 Å². The SMILES string of the molecule is Cc1cccc2nc(N)n(-c3ccc(Br)cc3C#N)c12. The molecule has 4 nitrogen and oxygen atoms in total. The number of aromatic nitrogens is 2. The molecule has 0 spiro atoms. The molecule has 0 amide bonds. The number of halogens is 1. The van der Waals surface area contributed by atoms with Crippen molar-refractivity contribution in [2.75, 3.05) is 5.73 Å². The fraction of sp³-hybridized carbons (Fsp3) is 0.0667. The zero-order valence-corrected chi connectivity index (χ0v) is 12.3. The molecule has 2 N–H and O–H groups in total. The number of fused-ring (bicyclic) bond motifs is 1. The summed E-state index contributed by atoms with van der Waals surface area (Å²) < 4.78 is 2.69. The predicted octanol–water partition coefficient (Wildman–Crippen LogP) is 3.55. The molecule has 98 valence electrons. The summed E-state index contributed by atoms with van der Waals surface area (Å²) in [6.45, 7) is 2.00. The van der Waals surface area contributed by atoms with Gasteiger partial charge in [-0.25, -0.2) is 4.98 Å². The van der Waals surface area contributed by atoms with E-state index in [1.807, 2.05) is 41.8 Å². The van der Waals surface area contributed by atoms with Crippen LogP contribution in [0.4, 0.5) is 5.95 Å². The maximum Gasteiger partial charge on any atom is 0.205 e. The molecule has 0 atom stereocenters. The molecule has 0 fully saturated rings. The number of aryl methyl sites for hydroxylation is 1. The average Bonchev–Trinajstić information content (AvgIpc) is 2.76. The smallest absolute Gasteiger partial charge is 0.205 e. The summed E-state index contributed by atoms with van der Waals surface area (Å²) in [5.41, 5.74) is 10.2. The van der Waals surface area contributed by atoms with Gasteiger partial charge in [0.05, 0.1) is 22.3 Å². The third-order valence-electron chi connectivity index (χ3n) is 3.22. The highest BCUT2D eigenvalue weighted by atomic mass is 79.9.